The molecule has 1 saturated carbocycles. The molecule has 0 aromatic heterocycles. The van der Waals surface area contributed by atoms with Crippen molar-refractivity contribution in [2.75, 3.05) is 39.3 Å². The van der Waals surface area contributed by atoms with Crippen LogP contribution >= 0.6 is 0 Å². The van der Waals surface area contributed by atoms with E-state index in [2.05, 4.69) is 10.6 Å². The zero-order chi connectivity index (χ0) is 29.6. The third-order valence-corrected chi connectivity index (χ3v) is 8.32. The molecule has 0 radical (unpaired) electrons. The normalized spacial score (nSPS) is 45.4. The quantitative estimate of drug-likeness (QED) is 0.0898. The summed E-state index contributed by atoms with van der Waals surface area (Å²) in [5.41, 5.74) is 29.7. The maximum atomic E-state index is 11.8. The SMILES string of the molecule is NCCCN[C@@H]1C[C@H](O)[C@@H](CN)O[C@@H]1C1C(N)C[C@@H](NCC(O)CN)[C@H](O[C@H]2O[C@H](CO)[C@@H](O)[C@H](N)[C@H]2O)[C@H]1O. The van der Waals surface area contributed by atoms with Crippen LogP contribution in [0.3, 0.4) is 0 Å². The van der Waals surface area contributed by atoms with E-state index in [0.717, 1.165) is 0 Å². The summed E-state index contributed by atoms with van der Waals surface area (Å²) in [6.45, 7) is 0.621. The standard InChI is InChI=1S/C24H51N7O9/c25-2-1-3-30-13-5-14(34)15(7-27)38-22(13)17-11(28)4-12(31-8-10(33)6-26)23(20(17)36)40-24-21(37)18(29)19(35)16(9-32)39-24/h10-24,30-37H,1-9,25-29H2/t10?,11?,12-,13-,14+,15-,16-,17?,18+,19-,20+,21-,22+,23+,24-/m1/s1. The molecule has 3 unspecified atom stereocenters. The van der Waals surface area contributed by atoms with Gasteiger partial charge < -0.3 is 84.2 Å². The van der Waals surface area contributed by atoms with E-state index in [-0.39, 0.29) is 32.1 Å². The average Bonchev–Trinajstić information content (AvgIpc) is 2.94. The second-order valence-corrected chi connectivity index (χ2v) is 11.1. The van der Waals surface area contributed by atoms with E-state index < -0.39 is 91.9 Å². The van der Waals surface area contributed by atoms with Gasteiger partial charge in [-0.2, -0.15) is 0 Å². The zero-order valence-corrected chi connectivity index (χ0v) is 22.8. The van der Waals surface area contributed by atoms with Crippen LogP contribution in [0.2, 0.25) is 0 Å². The highest BCUT2D eigenvalue weighted by Gasteiger charge is 2.53. The van der Waals surface area contributed by atoms with E-state index in [1.165, 1.54) is 0 Å². The van der Waals surface area contributed by atoms with Gasteiger partial charge in [-0.3, -0.25) is 0 Å². The van der Waals surface area contributed by atoms with Crippen LogP contribution in [0.4, 0.5) is 0 Å². The van der Waals surface area contributed by atoms with Crippen LogP contribution in [0.25, 0.3) is 0 Å². The lowest BCUT2D eigenvalue weighted by Gasteiger charge is -2.52. The van der Waals surface area contributed by atoms with Crippen LogP contribution in [0.1, 0.15) is 19.3 Å². The lowest BCUT2D eigenvalue weighted by atomic mass is 9.71. The van der Waals surface area contributed by atoms with Crippen molar-refractivity contribution >= 4 is 0 Å². The summed E-state index contributed by atoms with van der Waals surface area (Å²) >= 11 is 0. The molecular weight excluding hydrogens is 530 g/mol. The van der Waals surface area contributed by atoms with Crippen molar-refractivity contribution in [3.05, 3.63) is 0 Å². The molecule has 2 saturated heterocycles. The van der Waals surface area contributed by atoms with E-state index >= 15 is 0 Å². The number of hydrogen-bond acceptors (Lipinski definition) is 16. The van der Waals surface area contributed by atoms with Gasteiger partial charge in [-0.15, -0.1) is 0 Å². The van der Waals surface area contributed by atoms with Gasteiger partial charge in [0.05, 0.1) is 43.2 Å². The maximum absolute atomic E-state index is 11.8. The molecule has 0 spiro atoms. The molecule has 16 heteroatoms. The van der Waals surface area contributed by atoms with Crippen LogP contribution in [0, 0.1) is 5.92 Å². The lowest BCUT2D eigenvalue weighted by molar-refractivity contribution is -0.307. The molecule has 40 heavy (non-hydrogen) atoms. The molecule has 0 amide bonds. The summed E-state index contributed by atoms with van der Waals surface area (Å²) in [4.78, 5) is 0. The fourth-order valence-corrected chi connectivity index (χ4v) is 5.96. The molecule has 236 valence electrons. The number of aliphatic hydroxyl groups is 6. The summed E-state index contributed by atoms with van der Waals surface area (Å²) in [6.07, 6.45) is -9.36. The molecule has 15 atom stereocenters. The van der Waals surface area contributed by atoms with Crippen LogP contribution in [0.15, 0.2) is 0 Å². The topological polar surface area (TPSA) is 303 Å². The first kappa shape index (κ1) is 33.9. The van der Waals surface area contributed by atoms with Crippen molar-refractivity contribution in [2.45, 2.75) is 105 Å². The van der Waals surface area contributed by atoms with Gasteiger partial charge in [0.1, 0.15) is 24.4 Å². The van der Waals surface area contributed by atoms with E-state index in [4.69, 9.17) is 42.9 Å². The van der Waals surface area contributed by atoms with E-state index in [1.807, 2.05) is 0 Å². The summed E-state index contributed by atoms with van der Waals surface area (Å²) in [5, 5.41) is 69.5. The molecule has 2 heterocycles. The molecule has 3 rings (SSSR count). The second-order valence-electron chi connectivity index (χ2n) is 11.1. The number of aliphatic hydroxyl groups excluding tert-OH is 6. The van der Waals surface area contributed by atoms with Crippen molar-refractivity contribution in [3.8, 4) is 0 Å². The highest BCUT2D eigenvalue weighted by molar-refractivity contribution is 5.06. The van der Waals surface area contributed by atoms with Crippen LogP contribution in [-0.4, -0.2) is 155 Å². The first-order valence-corrected chi connectivity index (χ1v) is 14.1. The minimum Gasteiger partial charge on any atom is -0.394 e. The second kappa shape index (κ2) is 15.7. The van der Waals surface area contributed by atoms with Crippen molar-refractivity contribution in [3.63, 3.8) is 0 Å². The number of ether oxygens (including phenoxy) is 3. The molecule has 16 nitrogen and oxygen atoms in total. The number of nitrogens with one attached hydrogen (secondary N) is 2. The van der Waals surface area contributed by atoms with E-state index in [9.17, 15) is 30.6 Å². The number of rotatable bonds is 13. The average molecular weight is 582 g/mol. The number of hydrogen-bond donors (Lipinski definition) is 13. The monoisotopic (exact) mass is 581 g/mol. The molecular formula is C24H51N7O9. The minimum absolute atomic E-state index is 0.00666. The Balaban J connectivity index is 1.88. The minimum atomic E-state index is -1.47. The van der Waals surface area contributed by atoms with Gasteiger partial charge in [0.25, 0.3) is 0 Å². The van der Waals surface area contributed by atoms with Crippen LogP contribution in [-0.2, 0) is 14.2 Å². The van der Waals surface area contributed by atoms with Crippen molar-refractivity contribution in [1.29, 1.82) is 0 Å². The first-order valence-electron chi connectivity index (χ1n) is 14.1. The Labute approximate surface area is 234 Å². The first-order chi connectivity index (χ1) is 19.1. The summed E-state index contributed by atoms with van der Waals surface area (Å²) in [7, 11) is 0. The van der Waals surface area contributed by atoms with E-state index in [0.29, 0.717) is 25.9 Å². The Bertz CT molecular complexity index is 747. The Hall–Kier alpha value is -0.640. The Morgan fingerprint density at radius 1 is 0.900 bits per heavy atom. The summed E-state index contributed by atoms with van der Waals surface area (Å²) < 4.78 is 18.0. The highest BCUT2D eigenvalue weighted by atomic mass is 16.7. The van der Waals surface area contributed by atoms with Gasteiger partial charge in [-0.05, 0) is 32.4 Å². The summed E-state index contributed by atoms with van der Waals surface area (Å²) in [5.74, 6) is -0.701. The molecule has 2 aliphatic heterocycles. The predicted octanol–water partition coefficient (Wildman–Crippen LogP) is -7.09. The van der Waals surface area contributed by atoms with Gasteiger partial charge in [0, 0.05) is 43.7 Å². The van der Waals surface area contributed by atoms with Crippen molar-refractivity contribution in [2.24, 2.45) is 34.6 Å². The largest absolute Gasteiger partial charge is 0.394 e. The molecule has 1 aliphatic carbocycles. The van der Waals surface area contributed by atoms with Crippen LogP contribution in [0.5, 0.6) is 0 Å². The van der Waals surface area contributed by atoms with Gasteiger partial charge in [0.2, 0.25) is 0 Å². The summed E-state index contributed by atoms with van der Waals surface area (Å²) in [6, 6.07) is -2.77. The Morgan fingerprint density at radius 3 is 2.25 bits per heavy atom. The number of nitrogens with two attached hydrogens (primary N) is 5. The molecule has 3 aliphatic rings. The zero-order valence-electron chi connectivity index (χ0n) is 22.8. The molecule has 0 aromatic carbocycles. The Kier molecular flexibility index (Phi) is 13.3. The third-order valence-electron chi connectivity index (χ3n) is 8.32. The van der Waals surface area contributed by atoms with Gasteiger partial charge >= 0.3 is 0 Å². The molecule has 18 N–H and O–H groups in total. The lowest BCUT2D eigenvalue weighted by Crippen LogP contribution is -2.70. The van der Waals surface area contributed by atoms with E-state index in [1.54, 1.807) is 0 Å². The van der Waals surface area contributed by atoms with Crippen molar-refractivity contribution < 1.29 is 44.8 Å². The molecule has 0 bridgehead atoms. The Morgan fingerprint density at radius 2 is 1.62 bits per heavy atom. The smallest absolute Gasteiger partial charge is 0.186 e. The third kappa shape index (κ3) is 7.84. The van der Waals surface area contributed by atoms with Gasteiger partial charge in [-0.1, -0.05) is 0 Å². The fourth-order valence-electron chi connectivity index (χ4n) is 5.96. The van der Waals surface area contributed by atoms with Gasteiger partial charge in [-0.25, -0.2) is 0 Å². The van der Waals surface area contributed by atoms with Gasteiger partial charge in [0.15, 0.2) is 6.29 Å². The molecule has 3 fully saturated rings. The predicted molar refractivity (Wildman–Crippen MR) is 143 cm³/mol. The fraction of sp³-hybridized carbons (Fsp3) is 1.00. The van der Waals surface area contributed by atoms with Crippen molar-refractivity contribution in [1.82, 2.24) is 10.6 Å². The van der Waals surface area contributed by atoms with Crippen LogP contribution < -0.4 is 39.3 Å². The molecule has 0 aromatic rings. The highest BCUT2D eigenvalue weighted by Crippen LogP contribution is 2.37. The maximum Gasteiger partial charge on any atom is 0.186 e.